The zero-order valence-corrected chi connectivity index (χ0v) is 17.6. The topological polar surface area (TPSA) is 46.6 Å². The van der Waals surface area contributed by atoms with Gasteiger partial charge in [-0.05, 0) is 24.5 Å². The molecule has 1 N–H and O–H groups in total. The largest absolute Gasteiger partial charge is 0.490 e. The predicted molar refractivity (Wildman–Crippen MR) is 113 cm³/mol. The summed E-state index contributed by atoms with van der Waals surface area (Å²) >= 11 is 0. The molecule has 0 radical (unpaired) electrons. The van der Waals surface area contributed by atoms with E-state index in [1.54, 1.807) is 6.20 Å². The highest BCUT2D eigenvalue weighted by atomic mass is 19.3. The quantitative estimate of drug-likeness (QED) is 0.695. The van der Waals surface area contributed by atoms with E-state index in [9.17, 15) is 8.78 Å². The summed E-state index contributed by atoms with van der Waals surface area (Å²) in [5.74, 6) is 0.834. The number of ether oxygens (including phenoxy) is 2. The molecule has 2 fully saturated rings. The van der Waals surface area contributed by atoms with Crippen molar-refractivity contribution in [2.45, 2.75) is 44.4 Å². The molecule has 5 nitrogen and oxygen atoms in total. The second-order valence-electron chi connectivity index (χ2n) is 9.07. The van der Waals surface area contributed by atoms with Gasteiger partial charge in [-0.2, -0.15) is 0 Å². The Labute approximate surface area is 181 Å². The van der Waals surface area contributed by atoms with E-state index in [4.69, 9.17) is 9.47 Å². The van der Waals surface area contributed by atoms with E-state index < -0.39 is 13.0 Å². The summed E-state index contributed by atoms with van der Waals surface area (Å²) in [6.07, 6.45) is 2.48. The first-order valence-corrected chi connectivity index (χ1v) is 11.1. The molecule has 1 aromatic heterocycles. The number of halogens is 2. The molecule has 2 aromatic rings. The molecule has 1 aliphatic carbocycles. The van der Waals surface area contributed by atoms with Crippen LogP contribution >= 0.6 is 0 Å². The summed E-state index contributed by atoms with van der Waals surface area (Å²) in [6, 6.07) is 12.0. The Morgan fingerprint density at radius 1 is 1.16 bits per heavy atom. The molecule has 3 aliphatic rings. The molecule has 1 unspecified atom stereocenters. The summed E-state index contributed by atoms with van der Waals surface area (Å²) in [5, 5.41) is 3.36. The summed E-state index contributed by atoms with van der Waals surface area (Å²) in [4.78, 5) is 6.90. The lowest BCUT2D eigenvalue weighted by Gasteiger charge is -2.54. The van der Waals surface area contributed by atoms with E-state index in [2.05, 4.69) is 27.3 Å². The SMILES string of the molecule is FC(F)COCC1c2c(OC3CC4(CNC4)C3)ccnc2CCN1Cc1ccccc1. The molecule has 2 aliphatic heterocycles. The van der Waals surface area contributed by atoms with Crippen LogP contribution in [0.15, 0.2) is 42.6 Å². The number of rotatable bonds is 8. The monoisotopic (exact) mass is 429 g/mol. The van der Waals surface area contributed by atoms with E-state index >= 15 is 0 Å². The Morgan fingerprint density at radius 3 is 2.68 bits per heavy atom. The van der Waals surface area contributed by atoms with Crippen LogP contribution < -0.4 is 10.1 Å². The molecule has 166 valence electrons. The molecule has 1 aromatic carbocycles. The van der Waals surface area contributed by atoms with E-state index in [1.807, 2.05) is 24.3 Å². The number of nitrogens with zero attached hydrogens (tertiary/aromatic N) is 2. The van der Waals surface area contributed by atoms with Crippen molar-refractivity contribution in [1.82, 2.24) is 15.2 Å². The van der Waals surface area contributed by atoms with Crippen LogP contribution in [0.4, 0.5) is 8.78 Å². The lowest BCUT2D eigenvalue weighted by Crippen LogP contribution is -2.62. The lowest BCUT2D eigenvalue weighted by atomic mass is 9.63. The fourth-order valence-electron chi connectivity index (χ4n) is 5.14. The number of fused-ring (bicyclic) bond motifs is 1. The highest BCUT2D eigenvalue weighted by molar-refractivity contribution is 5.41. The third kappa shape index (κ3) is 4.45. The predicted octanol–water partition coefficient (Wildman–Crippen LogP) is 3.59. The number of benzene rings is 1. The van der Waals surface area contributed by atoms with Crippen molar-refractivity contribution in [2.75, 3.05) is 32.8 Å². The van der Waals surface area contributed by atoms with Gasteiger partial charge in [0, 0.05) is 49.8 Å². The molecular formula is C24H29F2N3O2. The van der Waals surface area contributed by atoms with Gasteiger partial charge in [-0.25, -0.2) is 8.78 Å². The summed E-state index contributed by atoms with van der Waals surface area (Å²) < 4.78 is 37.4. The summed E-state index contributed by atoms with van der Waals surface area (Å²) in [5.41, 5.74) is 3.62. The van der Waals surface area contributed by atoms with Crippen LogP contribution in [0.1, 0.15) is 35.7 Å². The van der Waals surface area contributed by atoms with Crippen LogP contribution in [0.3, 0.4) is 0 Å². The molecule has 1 spiro atoms. The van der Waals surface area contributed by atoms with Crippen LogP contribution in [0, 0.1) is 5.41 Å². The maximum absolute atomic E-state index is 12.8. The highest BCUT2D eigenvalue weighted by Gasteiger charge is 2.50. The Hall–Kier alpha value is -2.09. The van der Waals surface area contributed by atoms with Crippen LogP contribution in [-0.4, -0.2) is 55.3 Å². The third-order valence-electron chi connectivity index (χ3n) is 6.81. The Bertz CT molecular complexity index is 884. The van der Waals surface area contributed by atoms with Gasteiger partial charge in [0.15, 0.2) is 0 Å². The maximum atomic E-state index is 12.8. The fraction of sp³-hybridized carbons (Fsp3) is 0.542. The van der Waals surface area contributed by atoms with Crippen molar-refractivity contribution >= 4 is 0 Å². The van der Waals surface area contributed by atoms with Gasteiger partial charge in [0.1, 0.15) is 12.4 Å². The van der Waals surface area contributed by atoms with Crippen LogP contribution in [-0.2, 0) is 17.7 Å². The minimum atomic E-state index is -2.47. The Morgan fingerprint density at radius 2 is 1.97 bits per heavy atom. The van der Waals surface area contributed by atoms with Gasteiger partial charge < -0.3 is 14.8 Å². The van der Waals surface area contributed by atoms with Crippen molar-refractivity contribution in [3.8, 4) is 5.75 Å². The maximum Gasteiger partial charge on any atom is 0.261 e. The summed E-state index contributed by atoms with van der Waals surface area (Å²) in [6.45, 7) is 3.34. The molecule has 0 amide bonds. The molecular weight excluding hydrogens is 400 g/mol. The van der Waals surface area contributed by atoms with Gasteiger partial charge >= 0.3 is 0 Å². The molecule has 1 saturated heterocycles. The van der Waals surface area contributed by atoms with Gasteiger partial charge in [-0.15, -0.1) is 0 Å². The lowest BCUT2D eigenvalue weighted by molar-refractivity contribution is -0.0517. The second-order valence-corrected chi connectivity index (χ2v) is 9.07. The molecule has 3 heterocycles. The van der Waals surface area contributed by atoms with Crippen molar-refractivity contribution in [1.29, 1.82) is 0 Å². The number of hydrogen-bond acceptors (Lipinski definition) is 5. The molecule has 31 heavy (non-hydrogen) atoms. The van der Waals surface area contributed by atoms with Crippen LogP contribution in [0.5, 0.6) is 5.75 Å². The van der Waals surface area contributed by atoms with Crippen molar-refractivity contribution in [3.05, 3.63) is 59.4 Å². The number of nitrogens with one attached hydrogen (secondary N) is 1. The average Bonchev–Trinajstić information content (AvgIpc) is 2.71. The minimum Gasteiger partial charge on any atom is -0.490 e. The number of alkyl halides is 2. The van der Waals surface area contributed by atoms with Crippen LogP contribution in [0.2, 0.25) is 0 Å². The van der Waals surface area contributed by atoms with Gasteiger partial charge in [0.05, 0.1) is 24.4 Å². The molecule has 1 saturated carbocycles. The zero-order chi connectivity index (χ0) is 21.3. The van der Waals surface area contributed by atoms with Gasteiger partial charge in [0.2, 0.25) is 0 Å². The molecule has 7 heteroatoms. The Kier molecular flexibility index (Phi) is 5.91. The molecule has 0 bridgehead atoms. The number of aromatic nitrogens is 1. The zero-order valence-electron chi connectivity index (χ0n) is 17.6. The van der Waals surface area contributed by atoms with Gasteiger partial charge in [-0.3, -0.25) is 9.88 Å². The van der Waals surface area contributed by atoms with E-state index in [0.29, 0.717) is 5.41 Å². The van der Waals surface area contributed by atoms with E-state index in [-0.39, 0.29) is 18.8 Å². The van der Waals surface area contributed by atoms with Crippen molar-refractivity contribution in [3.63, 3.8) is 0 Å². The number of hydrogen-bond donors (Lipinski definition) is 1. The van der Waals surface area contributed by atoms with E-state index in [1.165, 1.54) is 5.56 Å². The standard InChI is InChI=1S/C24H29F2N3O2/c25-22(26)14-30-13-20-23-19(7-9-29(20)12-17-4-2-1-3-5-17)28-8-6-21(23)31-18-10-24(11-18)15-27-16-24/h1-6,8,18,20,22,27H,7,9-16H2. The first-order chi connectivity index (χ1) is 15.1. The minimum absolute atomic E-state index is 0.161. The second kappa shape index (κ2) is 8.81. The fourth-order valence-corrected chi connectivity index (χ4v) is 5.14. The Balaban J connectivity index is 1.37. The van der Waals surface area contributed by atoms with Crippen molar-refractivity contribution in [2.24, 2.45) is 5.41 Å². The molecule has 5 rings (SSSR count). The first-order valence-electron chi connectivity index (χ1n) is 11.1. The number of pyridine rings is 1. The molecule has 1 atom stereocenters. The normalized spacial score (nSPS) is 22.7. The average molecular weight is 430 g/mol. The highest BCUT2D eigenvalue weighted by Crippen LogP contribution is 2.47. The third-order valence-corrected chi connectivity index (χ3v) is 6.81. The van der Waals surface area contributed by atoms with Crippen molar-refractivity contribution < 1.29 is 18.3 Å². The van der Waals surface area contributed by atoms with Gasteiger partial charge in [0.25, 0.3) is 6.43 Å². The van der Waals surface area contributed by atoms with Gasteiger partial charge in [-0.1, -0.05) is 30.3 Å². The van der Waals surface area contributed by atoms with E-state index in [0.717, 1.165) is 62.4 Å². The first kappa shape index (κ1) is 20.8. The summed E-state index contributed by atoms with van der Waals surface area (Å²) in [7, 11) is 0. The smallest absolute Gasteiger partial charge is 0.261 e. The van der Waals surface area contributed by atoms with Crippen LogP contribution in [0.25, 0.3) is 0 Å².